The molecule has 0 spiro atoms. The second kappa shape index (κ2) is 15.4. The van der Waals surface area contributed by atoms with Crippen molar-refractivity contribution in [3.8, 4) is 22.8 Å². The molecule has 43 heavy (non-hydrogen) atoms. The molecule has 0 atom stereocenters. The Kier molecular flexibility index (Phi) is 11.9. The number of nitrogens with zero attached hydrogens (tertiary/aromatic N) is 7. The molecule has 1 aromatic carbocycles. The minimum absolute atomic E-state index is 0. The Hall–Kier alpha value is -4.12. The monoisotopic (exact) mass is 736 g/mol. The van der Waals surface area contributed by atoms with Crippen molar-refractivity contribution in [2.45, 2.75) is 13.1 Å². The van der Waals surface area contributed by atoms with Crippen molar-refractivity contribution in [2.24, 2.45) is 0 Å². The SMILES string of the molecule is O=C(O)CN(CC(=O)O)Cc1ccn(-c2cc(-c3ccccc3)cc(-n3ccc(CN(CC(=O)O)CC(=O)O)n3)n2)n1.[Tb+3]. The van der Waals surface area contributed by atoms with Gasteiger partial charge in [0.1, 0.15) is 0 Å². The van der Waals surface area contributed by atoms with E-state index in [1.165, 1.54) is 19.2 Å². The van der Waals surface area contributed by atoms with Gasteiger partial charge in [-0.25, -0.2) is 14.3 Å². The molecule has 0 aliphatic rings. The van der Waals surface area contributed by atoms with Crippen molar-refractivity contribution in [1.29, 1.82) is 0 Å². The Bertz CT molecular complexity index is 1460. The minimum Gasteiger partial charge on any atom is -0.480 e. The van der Waals surface area contributed by atoms with Gasteiger partial charge < -0.3 is 20.4 Å². The Labute approximate surface area is 275 Å². The summed E-state index contributed by atoms with van der Waals surface area (Å²) in [5, 5.41) is 45.5. The fourth-order valence-electron chi connectivity index (χ4n) is 4.24. The average Bonchev–Trinajstić information content (AvgIpc) is 3.57. The van der Waals surface area contributed by atoms with Crippen LogP contribution in [0.25, 0.3) is 22.8 Å². The number of aliphatic carboxylic acids is 4. The van der Waals surface area contributed by atoms with Crippen LogP contribution in [0.5, 0.6) is 0 Å². The van der Waals surface area contributed by atoms with E-state index in [4.69, 9.17) is 20.4 Å². The predicted octanol–water partition coefficient (Wildman–Crippen LogP) is 1.06. The third-order valence-electron chi connectivity index (χ3n) is 5.87. The molecule has 3 aromatic heterocycles. The minimum atomic E-state index is -1.16. The summed E-state index contributed by atoms with van der Waals surface area (Å²) in [7, 11) is 0. The Morgan fingerprint density at radius 1 is 0.605 bits per heavy atom. The van der Waals surface area contributed by atoms with E-state index in [1.807, 2.05) is 30.3 Å². The third kappa shape index (κ3) is 9.98. The maximum Gasteiger partial charge on any atom is 3.00 e. The van der Waals surface area contributed by atoms with Crippen LogP contribution in [0.4, 0.5) is 0 Å². The van der Waals surface area contributed by atoms with E-state index in [2.05, 4.69) is 15.2 Å². The van der Waals surface area contributed by atoms with E-state index in [0.717, 1.165) is 11.1 Å². The number of carbonyl (C=O) groups is 4. The van der Waals surface area contributed by atoms with Crippen LogP contribution in [0.15, 0.2) is 67.0 Å². The topological polar surface area (TPSA) is 204 Å². The summed E-state index contributed by atoms with van der Waals surface area (Å²) in [6, 6.07) is 16.3. The Morgan fingerprint density at radius 3 is 1.37 bits per heavy atom. The number of aromatic nitrogens is 5. The van der Waals surface area contributed by atoms with Gasteiger partial charge in [-0.15, -0.1) is 0 Å². The summed E-state index contributed by atoms with van der Waals surface area (Å²) in [5.74, 6) is -3.85. The quantitative estimate of drug-likeness (QED) is 0.135. The van der Waals surface area contributed by atoms with E-state index < -0.39 is 50.1 Å². The largest absolute Gasteiger partial charge is 3.00 e. The van der Waals surface area contributed by atoms with Crippen molar-refractivity contribution in [3.05, 3.63) is 78.4 Å². The molecule has 4 rings (SSSR count). The molecule has 0 radical (unpaired) electrons. The molecule has 0 aliphatic carbocycles. The van der Waals surface area contributed by atoms with Crippen LogP contribution in [-0.4, -0.2) is 105 Å². The van der Waals surface area contributed by atoms with Crippen molar-refractivity contribution >= 4 is 23.9 Å². The maximum atomic E-state index is 11.2. The molecule has 0 saturated carbocycles. The normalized spacial score (nSPS) is 10.9. The van der Waals surface area contributed by atoms with Crippen molar-refractivity contribution in [1.82, 2.24) is 34.3 Å². The van der Waals surface area contributed by atoms with Crippen LogP contribution in [-0.2, 0) is 32.3 Å². The molecule has 15 nitrogen and oxygen atoms in total. The number of hydrogen-bond donors (Lipinski definition) is 4. The zero-order valence-electron chi connectivity index (χ0n) is 22.5. The maximum absolute atomic E-state index is 11.2. The standard InChI is InChI=1S/C27H27N7O8.Tb/c35-24(36)14-31(15-25(37)38)12-20-6-8-33(29-20)22-10-19(18-4-2-1-3-5-18)11-23(28-22)34-9-7-21(30-34)13-32(16-26(39)40)17-27(41)42;/h1-11H,12-17H2,(H,35,36)(H,37,38)(H,39,40)(H,41,42);/q;+3. The van der Waals surface area contributed by atoms with Gasteiger partial charge in [-0.2, -0.15) is 10.2 Å². The summed E-state index contributed by atoms with van der Waals surface area (Å²) >= 11 is 0. The number of hydrogen-bond acceptors (Lipinski definition) is 9. The molecule has 0 amide bonds. The molecule has 0 unspecified atom stereocenters. The van der Waals surface area contributed by atoms with Gasteiger partial charge in [0.05, 0.1) is 37.6 Å². The average molecular weight is 736 g/mol. The number of benzene rings is 1. The van der Waals surface area contributed by atoms with Gasteiger partial charge in [0.2, 0.25) is 0 Å². The van der Waals surface area contributed by atoms with Crippen LogP contribution in [0, 0.1) is 38.6 Å². The van der Waals surface area contributed by atoms with Gasteiger partial charge in [-0.3, -0.25) is 29.0 Å². The van der Waals surface area contributed by atoms with E-state index in [-0.39, 0.29) is 51.7 Å². The first kappa shape index (κ1) is 33.4. The zero-order chi connectivity index (χ0) is 30.2. The Morgan fingerprint density at radius 2 is 1.00 bits per heavy atom. The van der Waals surface area contributed by atoms with E-state index in [1.54, 1.807) is 36.7 Å². The number of carboxylic acids is 4. The molecule has 0 aliphatic heterocycles. The van der Waals surface area contributed by atoms with Gasteiger partial charge in [0.15, 0.2) is 11.6 Å². The Balaban J connectivity index is 0.00000506. The molecule has 16 heteroatoms. The zero-order valence-corrected chi connectivity index (χ0v) is 24.6. The first-order chi connectivity index (χ1) is 20.0. The first-order valence-corrected chi connectivity index (χ1v) is 12.5. The third-order valence-corrected chi connectivity index (χ3v) is 5.87. The predicted molar refractivity (Wildman–Crippen MR) is 145 cm³/mol. The van der Waals surface area contributed by atoms with Crippen LogP contribution in [0.2, 0.25) is 0 Å². The van der Waals surface area contributed by atoms with Gasteiger partial charge in [0, 0.05) is 25.5 Å². The molecular weight excluding hydrogens is 709 g/mol. The molecular formula is C27H27N7O8Tb+3. The van der Waals surface area contributed by atoms with Crippen LogP contribution in [0.1, 0.15) is 11.4 Å². The molecule has 0 saturated heterocycles. The fraction of sp³-hybridized carbons (Fsp3) is 0.222. The first-order valence-electron chi connectivity index (χ1n) is 12.5. The number of pyridine rings is 1. The van der Waals surface area contributed by atoms with E-state index in [0.29, 0.717) is 23.0 Å². The molecule has 3 heterocycles. The second-order valence-corrected chi connectivity index (χ2v) is 9.31. The van der Waals surface area contributed by atoms with Crippen molar-refractivity contribution in [2.75, 3.05) is 26.2 Å². The summed E-state index contributed by atoms with van der Waals surface area (Å²) in [6.45, 7) is -1.90. The van der Waals surface area contributed by atoms with Gasteiger partial charge in [0.25, 0.3) is 0 Å². The summed E-state index contributed by atoms with van der Waals surface area (Å²) < 4.78 is 2.97. The van der Waals surface area contributed by atoms with Crippen LogP contribution >= 0.6 is 0 Å². The van der Waals surface area contributed by atoms with Gasteiger partial charge >= 0.3 is 62.5 Å². The molecule has 0 fully saturated rings. The summed E-state index contributed by atoms with van der Waals surface area (Å²) in [5.41, 5.74) is 2.53. The molecule has 4 aromatic rings. The number of carboxylic acid groups (broad SMARTS) is 4. The molecule has 0 bridgehead atoms. The number of rotatable bonds is 15. The van der Waals surface area contributed by atoms with E-state index in [9.17, 15) is 19.2 Å². The van der Waals surface area contributed by atoms with Gasteiger partial charge in [-0.1, -0.05) is 30.3 Å². The fourth-order valence-corrected chi connectivity index (χ4v) is 4.24. The van der Waals surface area contributed by atoms with Crippen LogP contribution in [0.3, 0.4) is 0 Å². The van der Waals surface area contributed by atoms with Crippen molar-refractivity contribution in [3.63, 3.8) is 0 Å². The second-order valence-electron chi connectivity index (χ2n) is 9.31. The summed E-state index contributed by atoms with van der Waals surface area (Å²) in [6.07, 6.45) is 3.25. The van der Waals surface area contributed by atoms with E-state index >= 15 is 0 Å². The summed E-state index contributed by atoms with van der Waals surface area (Å²) in [4.78, 5) is 51.8. The molecule has 224 valence electrons. The molecule has 4 N–H and O–H groups in total. The van der Waals surface area contributed by atoms with Gasteiger partial charge in [-0.05, 0) is 35.4 Å². The smallest absolute Gasteiger partial charge is 0.480 e. The van der Waals surface area contributed by atoms with Crippen LogP contribution < -0.4 is 0 Å². The van der Waals surface area contributed by atoms with Crippen molar-refractivity contribution < 1.29 is 78.2 Å².